The zero-order chi connectivity index (χ0) is 28.8. The summed E-state index contributed by atoms with van der Waals surface area (Å²) >= 11 is 0. The highest BCUT2D eigenvalue weighted by Crippen LogP contribution is 2.38. The second kappa shape index (κ2) is 13.1. The molecule has 2 amide bonds. The van der Waals surface area contributed by atoms with Crippen molar-refractivity contribution in [1.82, 2.24) is 4.98 Å². The maximum atomic E-state index is 13.4. The highest BCUT2D eigenvalue weighted by Gasteiger charge is 2.30. The van der Waals surface area contributed by atoms with Crippen LogP contribution in [0.3, 0.4) is 0 Å². The second-order valence-corrected chi connectivity index (χ2v) is 10.6. The first kappa shape index (κ1) is 28.5. The monoisotopic (exact) mass is 557 g/mol. The molecule has 1 aliphatic heterocycles. The molecular weight excluding hydrogens is 518 g/mol. The summed E-state index contributed by atoms with van der Waals surface area (Å²) in [4.78, 5) is 31.7. The lowest BCUT2D eigenvalue weighted by atomic mass is 9.87. The normalized spacial score (nSPS) is 20.0. The van der Waals surface area contributed by atoms with Crippen molar-refractivity contribution < 1.29 is 23.8 Å². The number of nitrogens with one attached hydrogen (secondary N) is 1. The first-order valence-electron chi connectivity index (χ1n) is 14.8. The fourth-order valence-electron chi connectivity index (χ4n) is 5.54. The minimum atomic E-state index is -0.166. The van der Waals surface area contributed by atoms with Crippen molar-refractivity contribution >= 4 is 23.4 Å². The summed E-state index contributed by atoms with van der Waals surface area (Å²) in [5.41, 5.74) is 4.56. The van der Waals surface area contributed by atoms with E-state index in [1.165, 1.54) is 0 Å². The number of carbonyl (C=O) groups excluding carboxylic acids is 2. The van der Waals surface area contributed by atoms with E-state index < -0.39 is 0 Å². The smallest absolute Gasteiger partial charge is 0.326 e. The fraction of sp³-hybridized carbons (Fsp3) is 0.424. The topological polar surface area (TPSA) is 90.0 Å². The molecule has 2 aromatic carbocycles. The Morgan fingerprint density at radius 1 is 1.00 bits per heavy atom. The van der Waals surface area contributed by atoms with Gasteiger partial charge in [-0.25, -0.2) is 9.78 Å². The SMILES string of the molecule is CCOC(=O)C1CCC(Oc2ccc(-c3ccc4c(c3)OC(CC)CN4C(=O)Nc3ccccc3CC)cn2)CC1. The zero-order valence-electron chi connectivity index (χ0n) is 24.1. The van der Waals surface area contributed by atoms with Gasteiger partial charge in [0, 0.05) is 23.5 Å². The number of pyridine rings is 1. The van der Waals surface area contributed by atoms with Crippen LogP contribution in [0.15, 0.2) is 60.8 Å². The number of nitrogens with zero attached hydrogens (tertiary/aromatic N) is 2. The summed E-state index contributed by atoms with van der Waals surface area (Å²) < 4.78 is 17.6. The molecule has 1 N–H and O–H groups in total. The number of carbonyl (C=O) groups is 2. The first-order valence-corrected chi connectivity index (χ1v) is 14.8. The number of aryl methyl sites for hydroxylation is 1. The van der Waals surface area contributed by atoms with Gasteiger partial charge in [0.25, 0.3) is 0 Å². The fourth-order valence-corrected chi connectivity index (χ4v) is 5.54. The van der Waals surface area contributed by atoms with Gasteiger partial charge in [0.05, 0.1) is 24.8 Å². The average molecular weight is 558 g/mol. The van der Waals surface area contributed by atoms with Crippen LogP contribution >= 0.6 is 0 Å². The lowest BCUT2D eigenvalue weighted by molar-refractivity contribution is -0.149. The number of ether oxygens (including phenoxy) is 3. The van der Waals surface area contributed by atoms with Crippen molar-refractivity contribution in [3.05, 3.63) is 66.4 Å². The molecule has 1 aromatic heterocycles. The van der Waals surface area contributed by atoms with E-state index in [0.29, 0.717) is 24.8 Å². The molecule has 0 saturated heterocycles. The molecule has 1 aliphatic carbocycles. The molecule has 0 bridgehead atoms. The molecule has 8 heteroatoms. The van der Waals surface area contributed by atoms with E-state index in [9.17, 15) is 9.59 Å². The maximum absolute atomic E-state index is 13.4. The van der Waals surface area contributed by atoms with E-state index in [2.05, 4.69) is 24.1 Å². The number of hydrogen-bond donors (Lipinski definition) is 1. The van der Waals surface area contributed by atoms with Crippen LogP contribution in [0.2, 0.25) is 0 Å². The van der Waals surface area contributed by atoms with Gasteiger partial charge in [0.1, 0.15) is 18.0 Å². The molecule has 216 valence electrons. The van der Waals surface area contributed by atoms with Crippen LogP contribution in [-0.2, 0) is 16.0 Å². The molecular formula is C33H39N3O5. The Bertz CT molecular complexity index is 1350. The van der Waals surface area contributed by atoms with Gasteiger partial charge in [-0.15, -0.1) is 0 Å². The number of fused-ring (bicyclic) bond motifs is 1. The van der Waals surface area contributed by atoms with Gasteiger partial charge in [-0.1, -0.05) is 38.1 Å². The van der Waals surface area contributed by atoms with Crippen molar-refractivity contribution in [3.63, 3.8) is 0 Å². The largest absolute Gasteiger partial charge is 0.486 e. The number of para-hydroxylation sites is 1. The Labute approximate surface area is 242 Å². The standard InChI is InChI=1S/C33H39N3O5/c1-4-22-9-7-8-10-28(22)35-33(38)36-21-26(5-2)40-30-19-24(13-17-29(30)36)25-14-18-31(34-20-25)41-27-15-11-23(12-16-27)32(37)39-6-3/h7-10,13-14,17-20,23,26-27H,4-6,11-12,15-16,21H2,1-3H3,(H,35,38). The van der Waals surface area contributed by atoms with Gasteiger partial charge in [-0.3, -0.25) is 9.69 Å². The maximum Gasteiger partial charge on any atom is 0.326 e. The molecule has 0 spiro atoms. The quantitative estimate of drug-likeness (QED) is 0.299. The predicted octanol–water partition coefficient (Wildman–Crippen LogP) is 7.02. The Morgan fingerprint density at radius 3 is 2.49 bits per heavy atom. The van der Waals surface area contributed by atoms with Crippen LogP contribution in [0, 0.1) is 5.92 Å². The van der Waals surface area contributed by atoms with Gasteiger partial charge >= 0.3 is 12.0 Å². The van der Waals surface area contributed by atoms with E-state index in [1.54, 1.807) is 11.1 Å². The third kappa shape index (κ3) is 6.64. The van der Waals surface area contributed by atoms with E-state index >= 15 is 0 Å². The number of rotatable bonds is 8. The Hall–Kier alpha value is -4.07. The van der Waals surface area contributed by atoms with E-state index in [0.717, 1.165) is 66.6 Å². The molecule has 1 fully saturated rings. The molecule has 1 saturated carbocycles. The summed E-state index contributed by atoms with van der Waals surface area (Å²) in [6.07, 6.45) is 6.53. The molecule has 3 aromatic rings. The molecule has 0 radical (unpaired) electrons. The van der Waals surface area contributed by atoms with Crippen LogP contribution < -0.4 is 19.7 Å². The van der Waals surface area contributed by atoms with Crippen molar-refractivity contribution in [3.8, 4) is 22.8 Å². The third-order valence-corrected chi connectivity index (χ3v) is 7.92. The summed E-state index contributed by atoms with van der Waals surface area (Å²) in [5.74, 6) is 1.12. The molecule has 1 atom stereocenters. The van der Waals surface area contributed by atoms with Crippen molar-refractivity contribution in [2.75, 3.05) is 23.4 Å². The van der Waals surface area contributed by atoms with E-state index in [1.807, 2.05) is 61.5 Å². The molecule has 8 nitrogen and oxygen atoms in total. The first-order chi connectivity index (χ1) is 20.0. The number of esters is 1. The summed E-state index contributed by atoms with van der Waals surface area (Å²) in [5, 5.41) is 3.10. The van der Waals surface area contributed by atoms with E-state index in [-0.39, 0.29) is 30.1 Å². The van der Waals surface area contributed by atoms with Crippen LogP contribution in [0.1, 0.15) is 58.4 Å². The highest BCUT2D eigenvalue weighted by atomic mass is 16.5. The minimum Gasteiger partial charge on any atom is -0.486 e. The molecule has 1 unspecified atom stereocenters. The number of aromatic nitrogens is 1. The number of hydrogen-bond acceptors (Lipinski definition) is 6. The summed E-state index contributed by atoms with van der Waals surface area (Å²) in [7, 11) is 0. The second-order valence-electron chi connectivity index (χ2n) is 10.6. The zero-order valence-corrected chi connectivity index (χ0v) is 24.1. The third-order valence-electron chi connectivity index (χ3n) is 7.92. The van der Waals surface area contributed by atoms with Crippen LogP contribution in [0.4, 0.5) is 16.2 Å². The Morgan fingerprint density at radius 2 is 1.78 bits per heavy atom. The van der Waals surface area contributed by atoms with Gasteiger partial charge in [0.2, 0.25) is 5.88 Å². The molecule has 2 aliphatic rings. The van der Waals surface area contributed by atoms with Crippen molar-refractivity contribution in [2.45, 2.75) is 71.5 Å². The van der Waals surface area contributed by atoms with Crippen LogP contribution in [0.5, 0.6) is 11.6 Å². The number of benzene rings is 2. The highest BCUT2D eigenvalue weighted by molar-refractivity contribution is 6.03. The van der Waals surface area contributed by atoms with Crippen molar-refractivity contribution in [1.29, 1.82) is 0 Å². The van der Waals surface area contributed by atoms with Crippen molar-refractivity contribution in [2.24, 2.45) is 5.92 Å². The lowest BCUT2D eigenvalue weighted by Gasteiger charge is -2.35. The molecule has 41 heavy (non-hydrogen) atoms. The van der Waals surface area contributed by atoms with E-state index in [4.69, 9.17) is 14.2 Å². The molecule has 5 rings (SSSR count). The number of urea groups is 1. The van der Waals surface area contributed by atoms with Gasteiger partial charge in [0.15, 0.2) is 0 Å². The van der Waals surface area contributed by atoms with Gasteiger partial charge < -0.3 is 19.5 Å². The Kier molecular flexibility index (Phi) is 9.07. The van der Waals surface area contributed by atoms with Gasteiger partial charge in [-0.05, 0) is 80.8 Å². The summed E-state index contributed by atoms with van der Waals surface area (Å²) in [6, 6.07) is 17.5. The van der Waals surface area contributed by atoms with Gasteiger partial charge in [-0.2, -0.15) is 0 Å². The Balaban J connectivity index is 1.26. The summed E-state index contributed by atoms with van der Waals surface area (Å²) in [6.45, 7) is 6.88. The number of amides is 2. The molecule has 2 heterocycles. The predicted molar refractivity (Wildman–Crippen MR) is 160 cm³/mol. The lowest BCUT2D eigenvalue weighted by Crippen LogP contribution is -2.45. The number of anilines is 2. The average Bonchev–Trinajstić information content (AvgIpc) is 3.01. The van der Waals surface area contributed by atoms with Crippen LogP contribution in [-0.4, -0.2) is 42.3 Å². The minimum absolute atomic E-state index is 0.0298. The van der Waals surface area contributed by atoms with Crippen LogP contribution in [0.25, 0.3) is 11.1 Å².